The molecule has 0 aromatic heterocycles. The van der Waals surface area contributed by atoms with E-state index in [1.807, 2.05) is 12.1 Å². The van der Waals surface area contributed by atoms with E-state index in [2.05, 4.69) is 19.2 Å². The maximum Gasteiger partial charge on any atom is 0.231 e. The maximum absolute atomic E-state index is 5.40. The molecule has 1 heterocycles. The Morgan fingerprint density at radius 2 is 2.17 bits per heavy atom. The molecule has 1 aromatic rings. The number of benzene rings is 1. The van der Waals surface area contributed by atoms with E-state index in [-0.39, 0.29) is 6.79 Å². The summed E-state index contributed by atoms with van der Waals surface area (Å²) in [6.45, 7) is 6.57. The summed E-state index contributed by atoms with van der Waals surface area (Å²) in [7, 11) is 1.65. The van der Waals surface area contributed by atoms with Crippen LogP contribution in [0.15, 0.2) is 12.1 Å². The van der Waals surface area contributed by atoms with Crippen molar-refractivity contribution in [1.29, 1.82) is 0 Å². The van der Waals surface area contributed by atoms with Gasteiger partial charge in [0.15, 0.2) is 11.5 Å². The molecule has 0 atom stereocenters. The van der Waals surface area contributed by atoms with Gasteiger partial charge in [-0.1, -0.05) is 13.8 Å². The Bertz CT molecular complexity index is 404. The van der Waals surface area contributed by atoms with Gasteiger partial charge in [-0.15, -0.1) is 0 Å². The number of hydrogen-bond acceptors (Lipinski definition) is 4. The van der Waals surface area contributed by atoms with Crippen molar-refractivity contribution < 1.29 is 14.2 Å². The largest absolute Gasteiger partial charge is 0.493 e. The van der Waals surface area contributed by atoms with Gasteiger partial charge in [0.2, 0.25) is 12.5 Å². The van der Waals surface area contributed by atoms with Gasteiger partial charge in [0.25, 0.3) is 0 Å². The molecule has 4 heteroatoms. The van der Waals surface area contributed by atoms with Gasteiger partial charge in [-0.3, -0.25) is 0 Å². The van der Waals surface area contributed by atoms with Crippen molar-refractivity contribution in [2.75, 3.05) is 20.4 Å². The number of fused-ring (bicyclic) bond motifs is 1. The van der Waals surface area contributed by atoms with E-state index in [9.17, 15) is 0 Å². The molecule has 0 amide bonds. The summed E-state index contributed by atoms with van der Waals surface area (Å²) in [6.07, 6.45) is 1.18. The van der Waals surface area contributed by atoms with E-state index >= 15 is 0 Å². The fraction of sp³-hybridized carbons (Fsp3) is 0.571. The van der Waals surface area contributed by atoms with Gasteiger partial charge in [0.05, 0.1) is 7.11 Å². The highest BCUT2D eigenvalue weighted by molar-refractivity contribution is 5.55. The Labute approximate surface area is 108 Å². The van der Waals surface area contributed by atoms with Gasteiger partial charge in [0.1, 0.15) is 0 Å². The molecule has 4 nitrogen and oxygen atoms in total. The Balaban J connectivity index is 1.97. The zero-order valence-corrected chi connectivity index (χ0v) is 11.3. The lowest BCUT2D eigenvalue weighted by Gasteiger charge is -2.10. The third kappa shape index (κ3) is 3.07. The van der Waals surface area contributed by atoms with Crippen LogP contribution in [0.2, 0.25) is 0 Å². The van der Waals surface area contributed by atoms with Crippen molar-refractivity contribution in [1.82, 2.24) is 5.32 Å². The minimum absolute atomic E-state index is 0.274. The number of methoxy groups -OCH3 is 1. The summed E-state index contributed by atoms with van der Waals surface area (Å²) in [5.41, 5.74) is 1.15. The average molecular weight is 251 g/mol. The number of nitrogens with one attached hydrogen (secondary N) is 1. The molecule has 100 valence electrons. The van der Waals surface area contributed by atoms with E-state index < -0.39 is 0 Å². The lowest BCUT2D eigenvalue weighted by Crippen LogP contribution is -2.16. The zero-order chi connectivity index (χ0) is 13.0. The Hall–Kier alpha value is -1.42. The molecule has 0 spiro atoms. The first-order chi connectivity index (χ1) is 8.70. The van der Waals surface area contributed by atoms with Gasteiger partial charge in [-0.25, -0.2) is 0 Å². The van der Waals surface area contributed by atoms with E-state index in [1.165, 1.54) is 6.42 Å². The molecule has 0 aliphatic carbocycles. The number of rotatable bonds is 6. The Morgan fingerprint density at radius 3 is 2.89 bits per heavy atom. The molecule has 0 fully saturated rings. The van der Waals surface area contributed by atoms with Gasteiger partial charge < -0.3 is 19.5 Å². The van der Waals surface area contributed by atoms with Crippen LogP contribution in [-0.4, -0.2) is 20.4 Å². The van der Waals surface area contributed by atoms with Gasteiger partial charge in [0, 0.05) is 6.54 Å². The van der Waals surface area contributed by atoms with Crippen LogP contribution in [0, 0.1) is 5.92 Å². The predicted molar refractivity (Wildman–Crippen MR) is 70.3 cm³/mol. The second-order valence-corrected chi connectivity index (χ2v) is 4.89. The molecule has 2 rings (SSSR count). The van der Waals surface area contributed by atoms with E-state index in [4.69, 9.17) is 14.2 Å². The SMILES string of the molecule is COc1cc(CNCCC(C)C)cc2c1OCO2. The van der Waals surface area contributed by atoms with Crippen molar-refractivity contribution in [3.05, 3.63) is 17.7 Å². The summed E-state index contributed by atoms with van der Waals surface area (Å²) >= 11 is 0. The zero-order valence-electron chi connectivity index (χ0n) is 11.3. The molecule has 1 aliphatic heterocycles. The highest BCUT2D eigenvalue weighted by Crippen LogP contribution is 2.41. The molecule has 0 radical (unpaired) electrons. The highest BCUT2D eigenvalue weighted by Gasteiger charge is 2.19. The third-order valence-electron chi connectivity index (χ3n) is 2.95. The van der Waals surface area contributed by atoms with Crippen LogP contribution < -0.4 is 19.5 Å². The first-order valence-electron chi connectivity index (χ1n) is 6.38. The quantitative estimate of drug-likeness (QED) is 0.789. The third-order valence-corrected chi connectivity index (χ3v) is 2.95. The van der Waals surface area contributed by atoms with Crippen LogP contribution in [-0.2, 0) is 6.54 Å². The summed E-state index contributed by atoms with van der Waals surface area (Å²) in [5, 5.41) is 3.42. The van der Waals surface area contributed by atoms with E-state index in [1.54, 1.807) is 7.11 Å². The van der Waals surface area contributed by atoms with Crippen LogP contribution in [0.5, 0.6) is 17.2 Å². The van der Waals surface area contributed by atoms with Crippen LogP contribution in [0.25, 0.3) is 0 Å². The van der Waals surface area contributed by atoms with Crippen LogP contribution in [0.4, 0.5) is 0 Å². The summed E-state index contributed by atoms with van der Waals surface area (Å²) < 4.78 is 16.1. The van der Waals surface area contributed by atoms with Crippen molar-refractivity contribution in [2.45, 2.75) is 26.8 Å². The summed E-state index contributed by atoms with van der Waals surface area (Å²) in [6, 6.07) is 4.00. The molecular formula is C14H21NO3. The molecule has 0 bridgehead atoms. The minimum Gasteiger partial charge on any atom is -0.493 e. The van der Waals surface area contributed by atoms with E-state index in [0.717, 1.165) is 36.1 Å². The predicted octanol–water partition coefficient (Wildman–Crippen LogP) is 2.56. The smallest absolute Gasteiger partial charge is 0.231 e. The normalized spacial score (nSPS) is 13.1. The second kappa shape index (κ2) is 5.96. The molecular weight excluding hydrogens is 230 g/mol. The maximum atomic E-state index is 5.40. The van der Waals surface area contributed by atoms with Crippen molar-refractivity contribution in [3.63, 3.8) is 0 Å². The van der Waals surface area contributed by atoms with Gasteiger partial charge in [-0.05, 0) is 36.6 Å². The van der Waals surface area contributed by atoms with Crippen molar-refractivity contribution in [2.24, 2.45) is 5.92 Å². The summed E-state index contributed by atoms with van der Waals surface area (Å²) in [5.74, 6) is 2.95. The van der Waals surface area contributed by atoms with Crippen LogP contribution in [0.1, 0.15) is 25.8 Å². The molecule has 0 saturated heterocycles. The average Bonchev–Trinajstić information content (AvgIpc) is 2.81. The monoisotopic (exact) mass is 251 g/mol. The highest BCUT2D eigenvalue weighted by atomic mass is 16.7. The second-order valence-electron chi connectivity index (χ2n) is 4.89. The Morgan fingerprint density at radius 1 is 1.33 bits per heavy atom. The molecule has 18 heavy (non-hydrogen) atoms. The fourth-order valence-electron chi connectivity index (χ4n) is 1.91. The number of ether oxygens (including phenoxy) is 3. The lowest BCUT2D eigenvalue weighted by atomic mass is 10.1. The molecule has 1 aromatic carbocycles. The lowest BCUT2D eigenvalue weighted by molar-refractivity contribution is 0.171. The van der Waals surface area contributed by atoms with Crippen LogP contribution >= 0.6 is 0 Å². The number of hydrogen-bond donors (Lipinski definition) is 1. The first kappa shape index (κ1) is 13.0. The van der Waals surface area contributed by atoms with Crippen LogP contribution in [0.3, 0.4) is 0 Å². The van der Waals surface area contributed by atoms with Gasteiger partial charge in [-0.2, -0.15) is 0 Å². The standard InChI is InChI=1S/C14H21NO3/c1-10(2)4-5-15-8-11-6-12(16-3)14-13(7-11)17-9-18-14/h6-7,10,15H,4-5,8-9H2,1-3H3. The van der Waals surface area contributed by atoms with Crippen molar-refractivity contribution >= 4 is 0 Å². The molecule has 1 aliphatic rings. The Kier molecular flexibility index (Phi) is 4.31. The van der Waals surface area contributed by atoms with Gasteiger partial charge >= 0.3 is 0 Å². The van der Waals surface area contributed by atoms with Crippen molar-refractivity contribution in [3.8, 4) is 17.2 Å². The molecule has 0 saturated carbocycles. The fourth-order valence-corrected chi connectivity index (χ4v) is 1.91. The topological polar surface area (TPSA) is 39.7 Å². The molecule has 1 N–H and O–H groups in total. The minimum atomic E-state index is 0.274. The molecule has 0 unspecified atom stereocenters. The van der Waals surface area contributed by atoms with E-state index in [0.29, 0.717) is 5.75 Å². The first-order valence-corrected chi connectivity index (χ1v) is 6.38. The summed E-state index contributed by atoms with van der Waals surface area (Å²) in [4.78, 5) is 0.